The highest BCUT2D eigenvalue weighted by molar-refractivity contribution is 5.84. The molecule has 1 aromatic carbocycles. The van der Waals surface area contributed by atoms with E-state index in [1.165, 1.54) is 16.5 Å². The number of fused-ring (bicyclic) bond motifs is 1. The monoisotopic (exact) mass is 227 g/mol. The molecular weight excluding hydrogens is 210 g/mol. The van der Waals surface area contributed by atoms with Crippen LogP contribution in [0.4, 0.5) is 0 Å². The third-order valence-corrected chi connectivity index (χ3v) is 3.53. The van der Waals surface area contributed by atoms with E-state index >= 15 is 0 Å². The number of nitrogens with one attached hydrogen (secondary N) is 1. The number of rotatable bonds is 1. The summed E-state index contributed by atoms with van der Waals surface area (Å²) in [5, 5.41) is 5.99. The van der Waals surface area contributed by atoms with Gasteiger partial charge in [0.2, 0.25) is 0 Å². The van der Waals surface area contributed by atoms with Gasteiger partial charge in [0, 0.05) is 31.2 Å². The minimum absolute atomic E-state index is 0.384. The second-order valence-corrected chi connectivity index (χ2v) is 4.62. The first-order valence-electron chi connectivity index (χ1n) is 6.11. The Bertz CT molecular complexity index is 518. The number of aromatic nitrogens is 1. The maximum Gasteiger partial charge on any atom is 0.0666 e. The molecule has 0 radical (unpaired) electrons. The first-order valence-corrected chi connectivity index (χ1v) is 6.11. The fourth-order valence-corrected chi connectivity index (χ4v) is 2.52. The van der Waals surface area contributed by atoms with E-state index in [0.29, 0.717) is 6.04 Å². The van der Waals surface area contributed by atoms with E-state index in [0.717, 1.165) is 19.6 Å². The van der Waals surface area contributed by atoms with Crippen LogP contribution in [-0.2, 0) is 0 Å². The molecule has 88 valence electrons. The van der Waals surface area contributed by atoms with Gasteiger partial charge in [0.15, 0.2) is 0 Å². The summed E-state index contributed by atoms with van der Waals surface area (Å²) in [7, 11) is 2.18. The Morgan fingerprint density at radius 3 is 3.06 bits per heavy atom. The fourth-order valence-electron chi connectivity index (χ4n) is 2.52. The SMILES string of the molecule is CN1CCNCC1c1nccc2ccccc12. The zero-order valence-corrected chi connectivity index (χ0v) is 10.1. The number of likely N-dealkylation sites (N-methyl/N-ethyl adjacent to an activating group) is 1. The topological polar surface area (TPSA) is 28.2 Å². The van der Waals surface area contributed by atoms with Crippen LogP contribution in [-0.4, -0.2) is 36.6 Å². The van der Waals surface area contributed by atoms with Crippen LogP contribution in [0, 0.1) is 0 Å². The molecule has 1 aliphatic heterocycles. The molecule has 1 atom stereocenters. The van der Waals surface area contributed by atoms with Crippen molar-refractivity contribution in [1.29, 1.82) is 0 Å². The van der Waals surface area contributed by atoms with Crippen LogP contribution in [0.1, 0.15) is 11.7 Å². The largest absolute Gasteiger partial charge is 0.313 e. The van der Waals surface area contributed by atoms with E-state index in [-0.39, 0.29) is 0 Å². The van der Waals surface area contributed by atoms with Crippen molar-refractivity contribution in [1.82, 2.24) is 15.2 Å². The Balaban J connectivity index is 2.10. The predicted octanol–water partition coefficient (Wildman–Crippen LogP) is 1.81. The zero-order valence-electron chi connectivity index (χ0n) is 10.1. The average molecular weight is 227 g/mol. The van der Waals surface area contributed by atoms with Crippen molar-refractivity contribution >= 4 is 10.8 Å². The molecule has 3 heteroatoms. The van der Waals surface area contributed by atoms with Crippen LogP contribution >= 0.6 is 0 Å². The molecule has 1 fully saturated rings. The normalized spacial score (nSPS) is 21.8. The molecule has 1 aliphatic rings. The standard InChI is InChI=1S/C14H17N3/c1-17-9-8-15-10-13(17)14-12-5-3-2-4-11(12)6-7-16-14/h2-7,13,15H,8-10H2,1H3. The van der Waals surface area contributed by atoms with E-state index in [1.54, 1.807) is 0 Å². The summed E-state index contributed by atoms with van der Waals surface area (Å²) in [6, 6.07) is 10.9. The quantitative estimate of drug-likeness (QED) is 0.805. The number of hydrogen-bond acceptors (Lipinski definition) is 3. The van der Waals surface area contributed by atoms with Crippen LogP contribution in [0.2, 0.25) is 0 Å². The van der Waals surface area contributed by atoms with E-state index in [2.05, 4.69) is 52.6 Å². The number of pyridine rings is 1. The van der Waals surface area contributed by atoms with E-state index in [1.807, 2.05) is 6.20 Å². The van der Waals surface area contributed by atoms with Crippen molar-refractivity contribution < 1.29 is 0 Å². The molecule has 0 spiro atoms. The minimum Gasteiger partial charge on any atom is -0.313 e. The van der Waals surface area contributed by atoms with Gasteiger partial charge in [-0.1, -0.05) is 24.3 Å². The minimum atomic E-state index is 0.384. The first-order chi connectivity index (χ1) is 8.36. The van der Waals surface area contributed by atoms with Gasteiger partial charge in [0.1, 0.15) is 0 Å². The molecule has 17 heavy (non-hydrogen) atoms. The van der Waals surface area contributed by atoms with Crippen molar-refractivity contribution in [3.8, 4) is 0 Å². The summed E-state index contributed by atoms with van der Waals surface area (Å²) >= 11 is 0. The lowest BCUT2D eigenvalue weighted by Gasteiger charge is -2.33. The predicted molar refractivity (Wildman–Crippen MR) is 70.0 cm³/mol. The zero-order chi connectivity index (χ0) is 11.7. The number of piperazine rings is 1. The summed E-state index contributed by atoms with van der Waals surface area (Å²) < 4.78 is 0. The number of benzene rings is 1. The highest BCUT2D eigenvalue weighted by atomic mass is 15.2. The van der Waals surface area contributed by atoms with Crippen molar-refractivity contribution in [2.24, 2.45) is 0 Å². The molecule has 1 unspecified atom stereocenters. The van der Waals surface area contributed by atoms with Gasteiger partial charge < -0.3 is 5.32 Å². The molecular formula is C14H17N3. The number of nitrogens with zero attached hydrogens (tertiary/aromatic N) is 2. The Labute approximate surface area is 101 Å². The molecule has 1 aromatic heterocycles. The van der Waals surface area contributed by atoms with Gasteiger partial charge in [-0.05, 0) is 18.5 Å². The first kappa shape index (κ1) is 10.7. The average Bonchev–Trinajstić information content (AvgIpc) is 2.39. The van der Waals surface area contributed by atoms with E-state index in [4.69, 9.17) is 0 Å². The molecule has 3 nitrogen and oxygen atoms in total. The van der Waals surface area contributed by atoms with Crippen LogP contribution < -0.4 is 5.32 Å². The smallest absolute Gasteiger partial charge is 0.0666 e. The van der Waals surface area contributed by atoms with Crippen LogP contribution in [0.5, 0.6) is 0 Å². The van der Waals surface area contributed by atoms with Crippen molar-refractivity contribution in [2.45, 2.75) is 6.04 Å². The lowest BCUT2D eigenvalue weighted by atomic mass is 10.0. The molecule has 1 saturated heterocycles. The third kappa shape index (κ3) is 1.92. The fraction of sp³-hybridized carbons (Fsp3) is 0.357. The highest BCUT2D eigenvalue weighted by Gasteiger charge is 2.22. The Kier molecular flexibility index (Phi) is 2.79. The molecule has 0 saturated carbocycles. The van der Waals surface area contributed by atoms with E-state index in [9.17, 15) is 0 Å². The van der Waals surface area contributed by atoms with Crippen molar-refractivity contribution in [2.75, 3.05) is 26.7 Å². The summed E-state index contributed by atoms with van der Waals surface area (Å²) in [6.45, 7) is 3.13. The van der Waals surface area contributed by atoms with Gasteiger partial charge in [-0.2, -0.15) is 0 Å². The van der Waals surface area contributed by atoms with E-state index < -0.39 is 0 Å². The summed E-state index contributed by atoms with van der Waals surface area (Å²) in [5.41, 5.74) is 1.19. The Morgan fingerprint density at radius 1 is 1.29 bits per heavy atom. The molecule has 0 amide bonds. The van der Waals surface area contributed by atoms with Gasteiger partial charge in [0.25, 0.3) is 0 Å². The third-order valence-electron chi connectivity index (χ3n) is 3.53. The van der Waals surface area contributed by atoms with Gasteiger partial charge in [-0.25, -0.2) is 0 Å². The Hall–Kier alpha value is -1.45. The summed E-state index contributed by atoms with van der Waals surface area (Å²) in [5.74, 6) is 0. The van der Waals surface area contributed by atoms with Gasteiger partial charge in [-0.3, -0.25) is 9.88 Å². The second kappa shape index (κ2) is 4.43. The maximum absolute atomic E-state index is 4.60. The van der Waals surface area contributed by atoms with Crippen LogP contribution in [0.3, 0.4) is 0 Å². The molecule has 2 aromatic rings. The summed E-state index contributed by atoms with van der Waals surface area (Å²) in [6.07, 6.45) is 1.92. The number of hydrogen-bond donors (Lipinski definition) is 1. The molecule has 3 rings (SSSR count). The maximum atomic E-state index is 4.60. The van der Waals surface area contributed by atoms with Crippen molar-refractivity contribution in [3.05, 3.63) is 42.2 Å². The summed E-state index contributed by atoms with van der Waals surface area (Å²) in [4.78, 5) is 6.98. The highest BCUT2D eigenvalue weighted by Crippen LogP contribution is 2.26. The molecule has 1 N–H and O–H groups in total. The van der Waals surface area contributed by atoms with Crippen LogP contribution in [0.15, 0.2) is 36.5 Å². The Morgan fingerprint density at radius 2 is 2.18 bits per heavy atom. The lowest BCUT2D eigenvalue weighted by Crippen LogP contribution is -2.44. The second-order valence-electron chi connectivity index (χ2n) is 4.62. The molecule has 0 aliphatic carbocycles. The van der Waals surface area contributed by atoms with Gasteiger partial charge >= 0.3 is 0 Å². The molecule has 0 bridgehead atoms. The van der Waals surface area contributed by atoms with Crippen LogP contribution in [0.25, 0.3) is 10.8 Å². The van der Waals surface area contributed by atoms with Crippen molar-refractivity contribution in [3.63, 3.8) is 0 Å². The van der Waals surface area contributed by atoms with Gasteiger partial charge in [0.05, 0.1) is 11.7 Å². The lowest BCUT2D eigenvalue weighted by molar-refractivity contribution is 0.200. The molecule has 2 heterocycles. The van der Waals surface area contributed by atoms with Gasteiger partial charge in [-0.15, -0.1) is 0 Å².